The van der Waals surface area contributed by atoms with Crippen molar-refractivity contribution < 1.29 is 14.7 Å². The van der Waals surface area contributed by atoms with Gasteiger partial charge in [-0.3, -0.25) is 14.2 Å². The second-order valence-corrected chi connectivity index (χ2v) is 5.99. The number of thioether (sulfide) groups is 1. The maximum absolute atomic E-state index is 11.0. The molecule has 1 amide bonds. The van der Waals surface area contributed by atoms with Crippen LogP contribution in [0.15, 0.2) is 22.7 Å². The third-order valence-electron chi connectivity index (χ3n) is 2.49. The molecule has 0 aliphatic rings. The number of carboxylic acids is 1. The summed E-state index contributed by atoms with van der Waals surface area (Å²) in [5.41, 5.74) is 0. The van der Waals surface area contributed by atoms with E-state index in [1.54, 1.807) is 0 Å². The van der Waals surface area contributed by atoms with Crippen molar-refractivity contribution in [1.29, 1.82) is 0 Å². The van der Waals surface area contributed by atoms with E-state index in [0.717, 1.165) is 16.6 Å². The zero-order chi connectivity index (χ0) is 15.2. The van der Waals surface area contributed by atoms with Crippen LogP contribution in [0.5, 0.6) is 0 Å². The molecule has 0 unspecified atom stereocenters. The summed E-state index contributed by atoms with van der Waals surface area (Å²) in [4.78, 5) is 22.6. The monoisotopic (exact) mass is 326 g/mol. The Balaban J connectivity index is 2.20. The Bertz CT molecular complexity index is 624. The molecular weight excluding hydrogens is 312 g/mol. The molecule has 9 heteroatoms. The van der Waals surface area contributed by atoms with Crippen LogP contribution in [0.25, 0.3) is 10.7 Å². The van der Waals surface area contributed by atoms with Crippen LogP contribution in [-0.4, -0.2) is 44.0 Å². The first-order valence-electron chi connectivity index (χ1n) is 6.14. The van der Waals surface area contributed by atoms with E-state index in [4.69, 9.17) is 5.11 Å². The third kappa shape index (κ3) is 4.30. The minimum atomic E-state index is -0.908. The van der Waals surface area contributed by atoms with Crippen molar-refractivity contribution in [3.8, 4) is 10.7 Å². The van der Waals surface area contributed by atoms with Crippen molar-refractivity contribution in [3.63, 3.8) is 0 Å². The van der Waals surface area contributed by atoms with Gasteiger partial charge in [-0.05, 0) is 11.4 Å². The van der Waals surface area contributed by atoms with E-state index >= 15 is 0 Å². The molecule has 0 fully saturated rings. The van der Waals surface area contributed by atoms with Crippen LogP contribution in [-0.2, 0) is 16.1 Å². The van der Waals surface area contributed by atoms with E-state index in [2.05, 4.69) is 15.5 Å². The molecule has 0 saturated carbocycles. The van der Waals surface area contributed by atoms with Gasteiger partial charge in [-0.1, -0.05) is 17.8 Å². The minimum absolute atomic E-state index is 0.0806. The van der Waals surface area contributed by atoms with Gasteiger partial charge in [0.15, 0.2) is 11.0 Å². The third-order valence-corrected chi connectivity index (χ3v) is 4.31. The van der Waals surface area contributed by atoms with Gasteiger partial charge in [-0.25, -0.2) is 0 Å². The highest BCUT2D eigenvalue weighted by atomic mass is 32.2. The van der Waals surface area contributed by atoms with Crippen molar-refractivity contribution in [3.05, 3.63) is 17.5 Å². The summed E-state index contributed by atoms with van der Waals surface area (Å²) >= 11 is 2.65. The summed E-state index contributed by atoms with van der Waals surface area (Å²) < 4.78 is 1.83. The van der Waals surface area contributed by atoms with Gasteiger partial charge in [-0.15, -0.1) is 21.5 Å². The van der Waals surface area contributed by atoms with E-state index in [9.17, 15) is 9.59 Å². The lowest BCUT2D eigenvalue weighted by Gasteiger charge is -2.09. The summed E-state index contributed by atoms with van der Waals surface area (Å²) in [5.74, 6) is -0.416. The number of aromatic nitrogens is 3. The molecule has 2 heterocycles. The number of nitrogens with one attached hydrogen (secondary N) is 1. The number of carboxylic acid groups (broad SMARTS) is 1. The summed E-state index contributed by atoms with van der Waals surface area (Å²) in [5, 5.41) is 22.1. The van der Waals surface area contributed by atoms with Gasteiger partial charge < -0.3 is 10.4 Å². The normalized spacial score (nSPS) is 10.5. The van der Waals surface area contributed by atoms with Crippen LogP contribution >= 0.6 is 23.1 Å². The fraction of sp³-hybridized carbons (Fsp3) is 0.333. The molecule has 0 radical (unpaired) electrons. The summed E-state index contributed by atoms with van der Waals surface area (Å²) in [7, 11) is 0. The SMILES string of the molecule is CC(=O)NCCn1c(SCC(=O)O)nnc1-c1cccs1. The molecule has 2 N–H and O–H groups in total. The molecular formula is C12H14N4O3S2. The van der Waals surface area contributed by atoms with Gasteiger partial charge in [0.2, 0.25) is 5.91 Å². The topological polar surface area (TPSA) is 97.1 Å². The Morgan fingerprint density at radius 3 is 2.90 bits per heavy atom. The van der Waals surface area contributed by atoms with Gasteiger partial charge in [0.05, 0.1) is 10.6 Å². The number of carbonyl (C=O) groups excluding carboxylic acids is 1. The lowest BCUT2D eigenvalue weighted by molar-refractivity contribution is -0.133. The zero-order valence-corrected chi connectivity index (χ0v) is 12.9. The Hall–Kier alpha value is -1.87. The van der Waals surface area contributed by atoms with Crippen LogP contribution in [0.1, 0.15) is 6.92 Å². The predicted molar refractivity (Wildman–Crippen MR) is 80.4 cm³/mol. The first-order chi connectivity index (χ1) is 10.1. The summed E-state index contributed by atoms with van der Waals surface area (Å²) in [6.45, 7) is 2.38. The Morgan fingerprint density at radius 2 is 2.29 bits per heavy atom. The van der Waals surface area contributed by atoms with Gasteiger partial charge in [0, 0.05) is 20.0 Å². The van der Waals surface area contributed by atoms with Crippen LogP contribution in [0.2, 0.25) is 0 Å². The predicted octanol–water partition coefficient (Wildman–Crippen LogP) is 1.32. The minimum Gasteiger partial charge on any atom is -0.481 e. The van der Waals surface area contributed by atoms with Crippen molar-refractivity contribution in [1.82, 2.24) is 20.1 Å². The lowest BCUT2D eigenvalue weighted by Crippen LogP contribution is -2.25. The lowest BCUT2D eigenvalue weighted by atomic mass is 10.4. The zero-order valence-electron chi connectivity index (χ0n) is 11.3. The van der Waals surface area contributed by atoms with Crippen LogP contribution in [0, 0.1) is 0 Å². The molecule has 0 atom stereocenters. The van der Waals surface area contributed by atoms with Crippen molar-refractivity contribution in [2.45, 2.75) is 18.6 Å². The number of thiophene rings is 1. The van der Waals surface area contributed by atoms with E-state index in [1.807, 2.05) is 22.1 Å². The molecule has 0 spiro atoms. The standard InChI is InChI=1S/C12H14N4O3S2/c1-8(17)13-4-5-16-11(9-3-2-6-20-9)14-15-12(16)21-7-10(18)19/h2-3,6H,4-5,7H2,1H3,(H,13,17)(H,18,19). The van der Waals surface area contributed by atoms with E-state index in [1.165, 1.54) is 18.3 Å². The molecule has 2 aromatic rings. The molecule has 112 valence electrons. The largest absolute Gasteiger partial charge is 0.481 e. The molecule has 2 aromatic heterocycles. The number of rotatable bonds is 7. The number of nitrogens with zero attached hydrogens (tertiary/aromatic N) is 3. The Morgan fingerprint density at radius 1 is 1.48 bits per heavy atom. The van der Waals surface area contributed by atoms with Crippen LogP contribution in [0.4, 0.5) is 0 Å². The Kier molecular flexibility index (Phi) is 5.34. The summed E-state index contributed by atoms with van der Waals surface area (Å²) in [6, 6.07) is 3.84. The fourth-order valence-corrected chi connectivity index (χ4v) is 3.06. The number of carbonyl (C=O) groups is 2. The van der Waals surface area contributed by atoms with E-state index in [-0.39, 0.29) is 11.7 Å². The molecule has 2 rings (SSSR count). The quantitative estimate of drug-likeness (QED) is 0.745. The van der Waals surface area contributed by atoms with Crippen molar-refractivity contribution in [2.24, 2.45) is 0 Å². The molecule has 0 bridgehead atoms. The number of amides is 1. The van der Waals surface area contributed by atoms with Gasteiger partial charge >= 0.3 is 5.97 Å². The molecule has 0 saturated heterocycles. The second kappa shape index (κ2) is 7.23. The van der Waals surface area contributed by atoms with E-state index < -0.39 is 5.97 Å². The average Bonchev–Trinajstić information content (AvgIpc) is 3.04. The maximum atomic E-state index is 11.0. The Labute approximate surface area is 129 Å². The first kappa shape index (κ1) is 15.5. The number of aliphatic carboxylic acids is 1. The van der Waals surface area contributed by atoms with E-state index in [0.29, 0.717) is 24.1 Å². The van der Waals surface area contributed by atoms with Crippen LogP contribution in [0.3, 0.4) is 0 Å². The van der Waals surface area contributed by atoms with Crippen molar-refractivity contribution in [2.75, 3.05) is 12.3 Å². The fourth-order valence-electron chi connectivity index (χ4n) is 1.66. The molecule has 7 nitrogen and oxygen atoms in total. The number of hydrogen-bond acceptors (Lipinski definition) is 6. The van der Waals surface area contributed by atoms with Gasteiger partial charge in [-0.2, -0.15) is 0 Å². The van der Waals surface area contributed by atoms with Gasteiger partial charge in [0.25, 0.3) is 0 Å². The van der Waals surface area contributed by atoms with Crippen molar-refractivity contribution >= 4 is 35.0 Å². The smallest absolute Gasteiger partial charge is 0.313 e. The first-order valence-corrected chi connectivity index (χ1v) is 8.00. The number of hydrogen-bond donors (Lipinski definition) is 2. The highest BCUT2D eigenvalue weighted by Crippen LogP contribution is 2.26. The molecule has 0 aliphatic carbocycles. The second-order valence-electron chi connectivity index (χ2n) is 4.10. The van der Waals surface area contributed by atoms with Gasteiger partial charge in [0.1, 0.15) is 0 Å². The maximum Gasteiger partial charge on any atom is 0.313 e. The highest BCUT2D eigenvalue weighted by molar-refractivity contribution is 7.99. The molecule has 0 aliphatic heterocycles. The summed E-state index contributed by atoms with van der Waals surface area (Å²) in [6.07, 6.45) is 0. The molecule has 0 aromatic carbocycles. The van der Waals surface area contributed by atoms with Crippen LogP contribution < -0.4 is 5.32 Å². The average molecular weight is 326 g/mol. The highest BCUT2D eigenvalue weighted by Gasteiger charge is 2.15. The molecule has 21 heavy (non-hydrogen) atoms.